The van der Waals surface area contributed by atoms with Gasteiger partial charge in [-0.05, 0) is 54.2 Å². The molecule has 112 valence electrons. The van der Waals surface area contributed by atoms with Gasteiger partial charge in [0.2, 0.25) is 0 Å². The fourth-order valence-corrected chi connectivity index (χ4v) is 3.32. The van der Waals surface area contributed by atoms with Crippen LogP contribution in [0.1, 0.15) is 29.2 Å². The van der Waals surface area contributed by atoms with Gasteiger partial charge in [-0.3, -0.25) is 9.88 Å². The van der Waals surface area contributed by atoms with Crippen LogP contribution < -0.4 is 10.2 Å². The summed E-state index contributed by atoms with van der Waals surface area (Å²) in [7, 11) is 0. The van der Waals surface area contributed by atoms with Crippen LogP contribution in [0.5, 0.6) is 0 Å². The number of fused-ring (bicyclic) bond motifs is 2. The van der Waals surface area contributed by atoms with Crippen molar-refractivity contribution in [2.75, 3.05) is 16.8 Å². The first-order valence-electron chi connectivity index (χ1n) is 7.54. The normalized spacial score (nSPS) is 19.0. The van der Waals surface area contributed by atoms with Crippen molar-refractivity contribution in [3.8, 4) is 0 Å². The van der Waals surface area contributed by atoms with Crippen LogP contribution in [0.2, 0.25) is 0 Å². The van der Waals surface area contributed by atoms with Gasteiger partial charge in [-0.25, -0.2) is 4.79 Å². The number of aliphatic hydroxyl groups is 1. The summed E-state index contributed by atoms with van der Waals surface area (Å²) in [5, 5.41) is 12.9. The van der Waals surface area contributed by atoms with Crippen molar-refractivity contribution in [2.24, 2.45) is 0 Å². The summed E-state index contributed by atoms with van der Waals surface area (Å²) >= 11 is 0. The first kappa shape index (κ1) is 13.3. The third-order valence-electron chi connectivity index (χ3n) is 4.44. The summed E-state index contributed by atoms with van der Waals surface area (Å²) in [6.07, 6.45) is 5.46. The molecule has 2 heterocycles. The van der Waals surface area contributed by atoms with Crippen LogP contribution >= 0.6 is 0 Å². The molecule has 1 atom stereocenters. The van der Waals surface area contributed by atoms with Gasteiger partial charge < -0.3 is 10.4 Å². The van der Waals surface area contributed by atoms with Gasteiger partial charge in [0.25, 0.3) is 0 Å². The number of hydrogen-bond acceptors (Lipinski definition) is 3. The van der Waals surface area contributed by atoms with Crippen LogP contribution in [0.4, 0.5) is 16.2 Å². The number of nitrogens with zero attached hydrogens (tertiary/aromatic N) is 2. The molecule has 0 spiro atoms. The lowest BCUT2D eigenvalue weighted by Gasteiger charge is -2.19. The number of rotatable bonds is 1. The number of pyridine rings is 1. The quantitative estimate of drug-likeness (QED) is 0.850. The molecule has 4 rings (SSSR count). The number of hydrogen-bond donors (Lipinski definition) is 2. The number of amides is 2. The van der Waals surface area contributed by atoms with Gasteiger partial charge in [0.15, 0.2) is 0 Å². The highest BCUT2D eigenvalue weighted by molar-refractivity contribution is 6.03. The molecule has 0 radical (unpaired) electrons. The number of aryl methyl sites for hydroxylation is 1. The molecule has 2 N–H and O–H groups in total. The highest BCUT2D eigenvalue weighted by Gasteiger charge is 2.29. The van der Waals surface area contributed by atoms with Crippen molar-refractivity contribution in [3.05, 3.63) is 53.3 Å². The Morgan fingerprint density at radius 1 is 1.32 bits per heavy atom. The van der Waals surface area contributed by atoms with E-state index in [-0.39, 0.29) is 6.03 Å². The van der Waals surface area contributed by atoms with Crippen LogP contribution in [-0.2, 0) is 12.8 Å². The molecule has 1 aromatic heterocycles. The predicted octanol–water partition coefficient (Wildman–Crippen LogP) is 2.66. The Bertz CT molecular complexity index is 730. The molecule has 1 aromatic carbocycles. The Hall–Kier alpha value is -2.40. The van der Waals surface area contributed by atoms with Crippen molar-refractivity contribution >= 4 is 17.4 Å². The summed E-state index contributed by atoms with van der Waals surface area (Å²) in [5.74, 6) is 0. The lowest BCUT2D eigenvalue weighted by atomic mass is 10.0. The van der Waals surface area contributed by atoms with Crippen molar-refractivity contribution in [3.63, 3.8) is 0 Å². The van der Waals surface area contributed by atoms with E-state index in [4.69, 9.17) is 0 Å². The highest BCUT2D eigenvalue weighted by atomic mass is 16.3. The first-order chi connectivity index (χ1) is 10.7. The van der Waals surface area contributed by atoms with Gasteiger partial charge in [-0.1, -0.05) is 6.07 Å². The Kier molecular flexibility index (Phi) is 3.08. The van der Waals surface area contributed by atoms with E-state index in [9.17, 15) is 9.90 Å². The van der Waals surface area contributed by atoms with E-state index >= 15 is 0 Å². The van der Waals surface area contributed by atoms with Crippen LogP contribution in [-0.4, -0.2) is 22.7 Å². The van der Waals surface area contributed by atoms with Crippen molar-refractivity contribution in [1.82, 2.24) is 4.98 Å². The first-order valence-corrected chi connectivity index (χ1v) is 7.54. The minimum atomic E-state index is -0.399. The molecule has 5 nitrogen and oxygen atoms in total. The monoisotopic (exact) mass is 295 g/mol. The zero-order chi connectivity index (χ0) is 15.1. The van der Waals surface area contributed by atoms with Gasteiger partial charge in [0.1, 0.15) is 0 Å². The van der Waals surface area contributed by atoms with Gasteiger partial charge in [0, 0.05) is 18.4 Å². The average molecular weight is 295 g/mol. The second-order valence-electron chi connectivity index (χ2n) is 5.81. The fourth-order valence-electron chi connectivity index (χ4n) is 3.32. The number of carbonyl (C=O) groups excluding carboxylic acids is 1. The van der Waals surface area contributed by atoms with Gasteiger partial charge in [-0.15, -0.1) is 0 Å². The molecule has 0 bridgehead atoms. The molecule has 1 unspecified atom stereocenters. The Balaban J connectivity index is 1.62. The SMILES string of the molecule is O=C(Nc1cccnc1)N1CCc2cc3c(cc21)C(O)CC3. The van der Waals surface area contributed by atoms with Crippen LogP contribution in [0, 0.1) is 0 Å². The van der Waals surface area contributed by atoms with E-state index in [1.807, 2.05) is 12.1 Å². The van der Waals surface area contributed by atoms with E-state index in [1.165, 1.54) is 11.1 Å². The van der Waals surface area contributed by atoms with E-state index in [1.54, 1.807) is 23.4 Å². The molecular formula is C17H17N3O2. The van der Waals surface area contributed by atoms with Crippen LogP contribution in [0.3, 0.4) is 0 Å². The maximum Gasteiger partial charge on any atom is 0.326 e. The fraction of sp³-hybridized carbons (Fsp3) is 0.294. The van der Waals surface area contributed by atoms with Crippen LogP contribution in [0.25, 0.3) is 0 Å². The highest BCUT2D eigenvalue weighted by Crippen LogP contribution is 2.38. The number of benzene rings is 1. The molecule has 0 fully saturated rings. The van der Waals surface area contributed by atoms with Crippen molar-refractivity contribution in [1.29, 1.82) is 0 Å². The van der Waals surface area contributed by atoms with Crippen molar-refractivity contribution in [2.45, 2.75) is 25.4 Å². The standard InChI is InChI=1S/C17H17N3O2/c21-16-4-3-11-8-12-5-7-20(15(12)9-14(11)16)17(22)19-13-2-1-6-18-10-13/h1-2,6,8-10,16,21H,3-5,7H2,(H,19,22). The maximum absolute atomic E-state index is 12.5. The summed E-state index contributed by atoms with van der Waals surface area (Å²) in [5.41, 5.74) is 4.98. The average Bonchev–Trinajstić information content (AvgIpc) is 3.10. The predicted molar refractivity (Wildman–Crippen MR) is 84.0 cm³/mol. The molecule has 2 amide bonds. The second-order valence-corrected chi connectivity index (χ2v) is 5.81. The van der Waals surface area contributed by atoms with E-state index < -0.39 is 6.10 Å². The van der Waals surface area contributed by atoms with E-state index in [0.717, 1.165) is 30.5 Å². The van der Waals surface area contributed by atoms with Gasteiger partial charge in [-0.2, -0.15) is 0 Å². The van der Waals surface area contributed by atoms with Gasteiger partial charge >= 0.3 is 6.03 Å². The minimum absolute atomic E-state index is 0.154. The molecule has 1 aliphatic heterocycles. The minimum Gasteiger partial charge on any atom is -0.388 e. The third kappa shape index (κ3) is 2.14. The van der Waals surface area contributed by atoms with E-state index in [0.29, 0.717) is 12.2 Å². The second kappa shape index (κ2) is 5.10. The number of urea groups is 1. The molecule has 22 heavy (non-hydrogen) atoms. The Morgan fingerprint density at radius 2 is 2.23 bits per heavy atom. The number of carbonyl (C=O) groups is 1. The summed E-state index contributed by atoms with van der Waals surface area (Å²) in [6, 6.07) is 7.58. The molecule has 0 saturated carbocycles. The molecule has 1 aliphatic carbocycles. The largest absolute Gasteiger partial charge is 0.388 e. The molecule has 0 saturated heterocycles. The topological polar surface area (TPSA) is 65.5 Å². The number of aromatic nitrogens is 1. The molecule has 2 aliphatic rings. The van der Waals surface area contributed by atoms with Crippen molar-refractivity contribution < 1.29 is 9.90 Å². The Labute approximate surface area is 128 Å². The third-order valence-corrected chi connectivity index (χ3v) is 4.44. The lowest BCUT2D eigenvalue weighted by molar-refractivity contribution is 0.180. The number of aliphatic hydroxyl groups excluding tert-OH is 1. The molecule has 2 aromatic rings. The zero-order valence-corrected chi connectivity index (χ0v) is 12.1. The van der Waals surface area contributed by atoms with Crippen LogP contribution in [0.15, 0.2) is 36.7 Å². The zero-order valence-electron chi connectivity index (χ0n) is 12.1. The molecular weight excluding hydrogens is 278 g/mol. The van der Waals surface area contributed by atoms with E-state index in [2.05, 4.69) is 16.4 Å². The molecule has 5 heteroatoms. The number of anilines is 2. The summed E-state index contributed by atoms with van der Waals surface area (Å²) in [4.78, 5) is 18.2. The maximum atomic E-state index is 12.5. The summed E-state index contributed by atoms with van der Waals surface area (Å²) in [6.45, 7) is 0.667. The van der Waals surface area contributed by atoms with Gasteiger partial charge in [0.05, 0.1) is 18.0 Å². The lowest BCUT2D eigenvalue weighted by Crippen LogP contribution is -2.33. The number of nitrogens with one attached hydrogen (secondary N) is 1. The summed E-state index contributed by atoms with van der Waals surface area (Å²) < 4.78 is 0. The smallest absolute Gasteiger partial charge is 0.326 e. The Morgan fingerprint density at radius 3 is 3.05 bits per heavy atom.